The van der Waals surface area contributed by atoms with Gasteiger partial charge in [0.15, 0.2) is 0 Å². The highest BCUT2D eigenvalue weighted by Gasteiger charge is 2.37. The Morgan fingerprint density at radius 1 is 0.972 bits per heavy atom. The number of hydrogen-bond donors (Lipinski definition) is 3. The normalized spacial score (nSPS) is 13.6. The molecule has 0 saturated carbocycles. The molecule has 0 radical (unpaired) electrons. The SMILES string of the molecule is Cc1ccc(COC(=O)N[C@](C)(Cc2c[nH]c3ccccc23)C(=O)N[C@@H](C)c2ccccc2)cc1C. The number of aryl methyl sites for hydroxylation is 2. The second-order valence-electron chi connectivity index (χ2n) is 9.59. The van der Waals surface area contributed by atoms with E-state index in [-0.39, 0.29) is 18.6 Å². The van der Waals surface area contributed by atoms with Crippen molar-refractivity contribution in [2.24, 2.45) is 0 Å². The molecule has 0 spiro atoms. The first kappa shape index (κ1) is 25.0. The average molecular weight is 484 g/mol. The smallest absolute Gasteiger partial charge is 0.408 e. The maximum atomic E-state index is 13.6. The van der Waals surface area contributed by atoms with Gasteiger partial charge in [-0.2, -0.15) is 0 Å². The van der Waals surface area contributed by atoms with Crippen molar-refractivity contribution in [2.45, 2.75) is 52.3 Å². The van der Waals surface area contributed by atoms with Crippen molar-refractivity contribution in [3.63, 3.8) is 0 Å². The van der Waals surface area contributed by atoms with Gasteiger partial charge >= 0.3 is 6.09 Å². The molecule has 0 bridgehead atoms. The number of carbonyl (C=O) groups excluding carboxylic acids is 2. The maximum Gasteiger partial charge on any atom is 0.408 e. The van der Waals surface area contributed by atoms with Gasteiger partial charge < -0.3 is 20.4 Å². The summed E-state index contributed by atoms with van der Waals surface area (Å²) in [5, 5.41) is 6.94. The van der Waals surface area contributed by atoms with Crippen molar-refractivity contribution in [3.05, 3.63) is 107 Å². The highest BCUT2D eigenvalue weighted by molar-refractivity contribution is 5.91. The van der Waals surface area contributed by atoms with Crippen LogP contribution in [0.4, 0.5) is 4.79 Å². The lowest BCUT2D eigenvalue weighted by molar-refractivity contribution is -0.127. The number of nitrogens with one attached hydrogen (secondary N) is 3. The Bertz CT molecular complexity index is 1360. The minimum absolute atomic E-state index is 0.123. The van der Waals surface area contributed by atoms with Gasteiger partial charge in [0.1, 0.15) is 12.1 Å². The summed E-state index contributed by atoms with van der Waals surface area (Å²) in [7, 11) is 0. The van der Waals surface area contributed by atoms with Crippen LogP contribution in [0, 0.1) is 13.8 Å². The molecule has 3 N–H and O–H groups in total. The molecule has 0 saturated heterocycles. The zero-order valence-corrected chi connectivity index (χ0v) is 21.2. The Hall–Kier alpha value is -4.06. The Labute approximate surface area is 212 Å². The molecule has 0 aliphatic heterocycles. The van der Waals surface area contributed by atoms with Gasteiger partial charge in [-0.15, -0.1) is 0 Å². The average Bonchev–Trinajstić information content (AvgIpc) is 3.27. The lowest BCUT2D eigenvalue weighted by atomic mass is 9.91. The van der Waals surface area contributed by atoms with E-state index in [1.54, 1.807) is 6.92 Å². The predicted molar refractivity (Wildman–Crippen MR) is 143 cm³/mol. The molecule has 0 unspecified atom stereocenters. The van der Waals surface area contributed by atoms with E-state index in [1.807, 2.05) is 99.8 Å². The van der Waals surface area contributed by atoms with Crippen molar-refractivity contribution in [3.8, 4) is 0 Å². The van der Waals surface area contributed by atoms with Gasteiger partial charge in [0.25, 0.3) is 0 Å². The van der Waals surface area contributed by atoms with Crippen LogP contribution < -0.4 is 10.6 Å². The van der Waals surface area contributed by atoms with Crippen molar-refractivity contribution < 1.29 is 14.3 Å². The van der Waals surface area contributed by atoms with E-state index in [4.69, 9.17) is 4.74 Å². The van der Waals surface area contributed by atoms with Gasteiger partial charge in [-0.25, -0.2) is 4.79 Å². The molecule has 1 heterocycles. The molecule has 0 aliphatic rings. The molecule has 186 valence electrons. The van der Waals surface area contributed by atoms with E-state index in [0.717, 1.165) is 33.2 Å². The highest BCUT2D eigenvalue weighted by Crippen LogP contribution is 2.24. The zero-order valence-electron chi connectivity index (χ0n) is 21.2. The third-order valence-corrected chi connectivity index (χ3v) is 6.69. The van der Waals surface area contributed by atoms with Crippen molar-refractivity contribution in [1.82, 2.24) is 15.6 Å². The van der Waals surface area contributed by atoms with Crippen molar-refractivity contribution in [1.29, 1.82) is 0 Å². The van der Waals surface area contributed by atoms with Gasteiger partial charge in [-0.1, -0.05) is 66.7 Å². The first-order valence-corrected chi connectivity index (χ1v) is 12.2. The van der Waals surface area contributed by atoms with Crippen LogP contribution in [-0.2, 0) is 22.6 Å². The fraction of sp³-hybridized carbons (Fsp3) is 0.267. The van der Waals surface area contributed by atoms with E-state index in [1.165, 1.54) is 5.56 Å². The van der Waals surface area contributed by atoms with E-state index >= 15 is 0 Å². The number of ether oxygens (including phenoxy) is 1. The number of fused-ring (bicyclic) bond motifs is 1. The van der Waals surface area contributed by atoms with Crippen LogP contribution in [0.25, 0.3) is 10.9 Å². The topological polar surface area (TPSA) is 83.2 Å². The summed E-state index contributed by atoms with van der Waals surface area (Å²) in [6.45, 7) is 7.85. The van der Waals surface area contributed by atoms with Crippen LogP contribution in [0.3, 0.4) is 0 Å². The van der Waals surface area contributed by atoms with Crippen LogP contribution in [0.15, 0.2) is 79.0 Å². The van der Waals surface area contributed by atoms with Gasteiger partial charge in [0.2, 0.25) is 5.91 Å². The Kier molecular flexibility index (Phi) is 7.44. The summed E-state index contributed by atoms with van der Waals surface area (Å²) < 4.78 is 5.53. The molecule has 2 atom stereocenters. The van der Waals surface area contributed by atoms with Crippen LogP contribution in [0.1, 0.15) is 47.7 Å². The molecular weight excluding hydrogens is 450 g/mol. The predicted octanol–water partition coefficient (Wildman–Crippen LogP) is 5.89. The largest absolute Gasteiger partial charge is 0.445 e. The lowest BCUT2D eigenvalue weighted by Crippen LogP contribution is -2.58. The number of carbonyl (C=O) groups is 2. The molecule has 6 heteroatoms. The number of aromatic nitrogens is 1. The van der Waals surface area contributed by atoms with Crippen LogP contribution in [0.5, 0.6) is 0 Å². The minimum Gasteiger partial charge on any atom is -0.445 e. The first-order chi connectivity index (χ1) is 17.2. The summed E-state index contributed by atoms with van der Waals surface area (Å²) in [5.74, 6) is -0.285. The summed E-state index contributed by atoms with van der Waals surface area (Å²) in [5.41, 5.74) is 4.86. The number of para-hydroxylation sites is 1. The maximum absolute atomic E-state index is 13.6. The van der Waals surface area contributed by atoms with E-state index in [9.17, 15) is 9.59 Å². The van der Waals surface area contributed by atoms with Gasteiger partial charge in [-0.3, -0.25) is 4.79 Å². The number of aromatic amines is 1. The molecule has 3 aromatic carbocycles. The molecule has 36 heavy (non-hydrogen) atoms. The number of benzene rings is 3. The third-order valence-electron chi connectivity index (χ3n) is 6.69. The molecule has 4 aromatic rings. The van der Waals surface area contributed by atoms with Gasteiger partial charge in [0, 0.05) is 23.5 Å². The molecule has 6 nitrogen and oxygen atoms in total. The molecule has 0 fully saturated rings. The fourth-order valence-electron chi connectivity index (χ4n) is 4.32. The number of hydrogen-bond acceptors (Lipinski definition) is 3. The second-order valence-corrected chi connectivity index (χ2v) is 9.59. The first-order valence-electron chi connectivity index (χ1n) is 12.2. The second kappa shape index (κ2) is 10.7. The fourth-order valence-corrected chi connectivity index (χ4v) is 4.32. The molecule has 0 aliphatic carbocycles. The number of rotatable bonds is 8. The third kappa shape index (κ3) is 5.77. The quantitative estimate of drug-likeness (QED) is 0.292. The molecule has 1 aromatic heterocycles. The van der Waals surface area contributed by atoms with Crippen LogP contribution in [-0.4, -0.2) is 22.5 Å². The summed E-state index contributed by atoms with van der Waals surface area (Å²) in [4.78, 5) is 29.8. The van der Waals surface area contributed by atoms with E-state index in [0.29, 0.717) is 6.42 Å². The van der Waals surface area contributed by atoms with Gasteiger partial charge in [-0.05, 0) is 61.6 Å². The van der Waals surface area contributed by atoms with Crippen LogP contribution in [0.2, 0.25) is 0 Å². The molecule has 4 rings (SSSR count). The van der Waals surface area contributed by atoms with E-state index in [2.05, 4.69) is 15.6 Å². The number of alkyl carbamates (subject to hydrolysis) is 1. The summed E-state index contributed by atoms with van der Waals surface area (Å²) in [6, 6.07) is 23.4. The highest BCUT2D eigenvalue weighted by atomic mass is 16.5. The number of amides is 2. The monoisotopic (exact) mass is 483 g/mol. The minimum atomic E-state index is -1.24. The lowest BCUT2D eigenvalue weighted by Gasteiger charge is -2.31. The Morgan fingerprint density at radius 3 is 2.44 bits per heavy atom. The summed E-state index contributed by atoms with van der Waals surface area (Å²) >= 11 is 0. The van der Waals surface area contributed by atoms with Crippen molar-refractivity contribution >= 4 is 22.9 Å². The Balaban J connectivity index is 1.53. The van der Waals surface area contributed by atoms with Crippen molar-refractivity contribution in [2.75, 3.05) is 0 Å². The molecular formula is C30H33N3O3. The number of H-pyrrole nitrogens is 1. The standard InChI is InChI=1S/C30H33N3O3/c1-20-14-15-23(16-21(20)2)19-36-29(35)33-30(4,17-25-18-31-27-13-9-8-12-26(25)27)28(34)32-22(3)24-10-6-5-7-11-24/h5-16,18,22,31H,17,19H2,1-4H3,(H,32,34)(H,33,35)/t22-,30+/m0/s1. The Morgan fingerprint density at radius 2 is 1.69 bits per heavy atom. The molecule has 2 amide bonds. The van der Waals surface area contributed by atoms with Gasteiger partial charge in [0.05, 0.1) is 6.04 Å². The van der Waals surface area contributed by atoms with Crippen LogP contribution >= 0.6 is 0 Å². The summed E-state index contributed by atoms with van der Waals surface area (Å²) in [6.07, 6.45) is 1.54. The van der Waals surface area contributed by atoms with E-state index < -0.39 is 11.6 Å². The zero-order chi connectivity index (χ0) is 25.7.